The van der Waals surface area contributed by atoms with Gasteiger partial charge in [-0.25, -0.2) is 9.97 Å². The molecule has 134 valence electrons. The first-order valence-corrected chi connectivity index (χ1v) is 8.67. The molecule has 1 aromatic heterocycles. The zero-order chi connectivity index (χ0) is 18.5. The molecule has 0 saturated heterocycles. The Morgan fingerprint density at radius 3 is 2.42 bits per heavy atom. The van der Waals surface area contributed by atoms with Gasteiger partial charge in [-0.15, -0.1) is 0 Å². The fraction of sp³-hybridized carbons (Fsp3) is 0.200. The van der Waals surface area contributed by atoms with Crippen molar-refractivity contribution in [3.63, 3.8) is 0 Å². The van der Waals surface area contributed by atoms with E-state index in [1.807, 2.05) is 19.1 Å². The molecule has 0 aliphatic rings. The van der Waals surface area contributed by atoms with E-state index in [0.29, 0.717) is 29.0 Å². The number of rotatable bonds is 6. The van der Waals surface area contributed by atoms with Gasteiger partial charge in [-0.2, -0.15) is 0 Å². The summed E-state index contributed by atoms with van der Waals surface area (Å²) >= 11 is 6.09. The maximum Gasteiger partial charge on any atom is 0.142 e. The van der Waals surface area contributed by atoms with Crippen LogP contribution in [0.25, 0.3) is 0 Å². The smallest absolute Gasteiger partial charge is 0.142 e. The minimum absolute atomic E-state index is 0.622. The number of halogens is 1. The molecule has 0 spiro atoms. The highest BCUT2D eigenvalue weighted by Crippen LogP contribution is 2.30. The SMILES string of the molecule is COc1ccc(Cl)cc1Nc1cc(NCc2ccc(C)cc2)nc(C)n1. The minimum atomic E-state index is 0.622. The standard InChI is InChI=1S/C20H21ClN4O/c1-13-4-6-15(7-5-13)12-22-19-11-20(24-14(2)23-19)25-17-10-16(21)8-9-18(17)26-3/h4-11H,12H2,1-3H3,(H2,22,23,24,25). The maximum absolute atomic E-state index is 6.09. The average Bonchev–Trinajstić information content (AvgIpc) is 2.61. The van der Waals surface area contributed by atoms with Gasteiger partial charge in [0.05, 0.1) is 12.8 Å². The van der Waals surface area contributed by atoms with Crippen molar-refractivity contribution in [1.29, 1.82) is 0 Å². The van der Waals surface area contributed by atoms with E-state index in [1.54, 1.807) is 19.2 Å². The zero-order valence-corrected chi connectivity index (χ0v) is 15.8. The molecule has 0 aliphatic carbocycles. The van der Waals surface area contributed by atoms with Crippen molar-refractivity contribution in [3.8, 4) is 5.75 Å². The van der Waals surface area contributed by atoms with Crippen molar-refractivity contribution in [1.82, 2.24) is 9.97 Å². The molecule has 1 heterocycles. The number of anilines is 3. The molecule has 0 bridgehead atoms. The van der Waals surface area contributed by atoms with Crippen molar-refractivity contribution >= 4 is 28.9 Å². The van der Waals surface area contributed by atoms with E-state index in [2.05, 4.69) is 51.8 Å². The minimum Gasteiger partial charge on any atom is -0.495 e. The van der Waals surface area contributed by atoms with Crippen molar-refractivity contribution < 1.29 is 4.74 Å². The van der Waals surface area contributed by atoms with Crippen LogP contribution in [0.1, 0.15) is 17.0 Å². The number of hydrogen-bond donors (Lipinski definition) is 2. The second-order valence-corrected chi connectivity index (χ2v) is 6.43. The molecule has 6 heteroatoms. The summed E-state index contributed by atoms with van der Waals surface area (Å²) in [5, 5.41) is 7.21. The first-order valence-electron chi connectivity index (χ1n) is 8.29. The summed E-state index contributed by atoms with van der Waals surface area (Å²) in [5.41, 5.74) is 3.19. The van der Waals surface area contributed by atoms with Gasteiger partial charge in [0.25, 0.3) is 0 Å². The molecule has 0 saturated carbocycles. The Kier molecular flexibility index (Phi) is 5.58. The van der Waals surface area contributed by atoms with E-state index < -0.39 is 0 Å². The van der Waals surface area contributed by atoms with Gasteiger partial charge in [0, 0.05) is 17.6 Å². The van der Waals surface area contributed by atoms with E-state index in [4.69, 9.17) is 16.3 Å². The summed E-state index contributed by atoms with van der Waals surface area (Å²) < 4.78 is 5.37. The van der Waals surface area contributed by atoms with Crippen molar-refractivity contribution in [3.05, 3.63) is 70.5 Å². The highest BCUT2D eigenvalue weighted by atomic mass is 35.5. The predicted octanol–water partition coefficient (Wildman–Crippen LogP) is 5.11. The molecule has 0 radical (unpaired) electrons. The number of hydrogen-bond acceptors (Lipinski definition) is 5. The van der Waals surface area contributed by atoms with Crippen LogP contribution in [-0.2, 0) is 6.54 Å². The zero-order valence-electron chi connectivity index (χ0n) is 15.0. The number of ether oxygens (including phenoxy) is 1. The molecule has 3 aromatic rings. The van der Waals surface area contributed by atoms with Crippen LogP contribution in [0.3, 0.4) is 0 Å². The maximum atomic E-state index is 6.09. The van der Waals surface area contributed by atoms with Gasteiger partial charge < -0.3 is 15.4 Å². The third-order valence-electron chi connectivity index (χ3n) is 3.86. The van der Waals surface area contributed by atoms with Gasteiger partial charge in [-0.05, 0) is 37.6 Å². The van der Waals surface area contributed by atoms with Crippen LogP contribution in [0.2, 0.25) is 5.02 Å². The van der Waals surface area contributed by atoms with Gasteiger partial charge in [0.2, 0.25) is 0 Å². The first-order chi connectivity index (χ1) is 12.5. The van der Waals surface area contributed by atoms with Gasteiger partial charge in [0.15, 0.2) is 0 Å². The molecule has 26 heavy (non-hydrogen) atoms. The second kappa shape index (κ2) is 8.06. The van der Waals surface area contributed by atoms with Gasteiger partial charge >= 0.3 is 0 Å². The van der Waals surface area contributed by atoms with E-state index in [9.17, 15) is 0 Å². The number of aromatic nitrogens is 2. The summed E-state index contributed by atoms with van der Waals surface area (Å²) in [6.07, 6.45) is 0. The normalized spacial score (nSPS) is 10.5. The number of nitrogens with one attached hydrogen (secondary N) is 2. The molecule has 0 aliphatic heterocycles. The molecular weight excluding hydrogens is 348 g/mol. The van der Waals surface area contributed by atoms with Crippen LogP contribution in [0.15, 0.2) is 48.5 Å². The molecule has 3 rings (SSSR count). The van der Waals surface area contributed by atoms with Crippen LogP contribution >= 0.6 is 11.6 Å². The second-order valence-electron chi connectivity index (χ2n) is 5.99. The molecule has 0 atom stereocenters. The Hall–Kier alpha value is -2.79. The van der Waals surface area contributed by atoms with Crippen LogP contribution in [0.5, 0.6) is 5.75 Å². The molecule has 2 N–H and O–H groups in total. The molecule has 2 aromatic carbocycles. The number of nitrogens with zero attached hydrogens (tertiary/aromatic N) is 2. The summed E-state index contributed by atoms with van der Waals surface area (Å²) in [7, 11) is 1.62. The average molecular weight is 369 g/mol. The number of aryl methyl sites for hydroxylation is 2. The van der Waals surface area contributed by atoms with Gasteiger partial charge in [-0.3, -0.25) is 0 Å². The monoisotopic (exact) mass is 368 g/mol. The summed E-state index contributed by atoms with van der Waals surface area (Å²) in [5.74, 6) is 2.79. The van der Waals surface area contributed by atoms with Crippen LogP contribution in [0, 0.1) is 13.8 Å². The van der Waals surface area contributed by atoms with Crippen molar-refractivity contribution in [2.45, 2.75) is 20.4 Å². The number of methoxy groups -OCH3 is 1. The van der Waals surface area contributed by atoms with E-state index >= 15 is 0 Å². The Morgan fingerprint density at radius 2 is 1.69 bits per heavy atom. The number of benzene rings is 2. The van der Waals surface area contributed by atoms with E-state index in [-0.39, 0.29) is 0 Å². The Balaban J connectivity index is 1.77. The molecule has 5 nitrogen and oxygen atoms in total. The van der Waals surface area contributed by atoms with Gasteiger partial charge in [0.1, 0.15) is 23.2 Å². The van der Waals surface area contributed by atoms with E-state index in [0.717, 1.165) is 11.5 Å². The molecular formula is C20H21ClN4O. The summed E-state index contributed by atoms with van der Waals surface area (Å²) in [6.45, 7) is 4.63. The lowest BCUT2D eigenvalue weighted by Crippen LogP contribution is -2.05. The van der Waals surface area contributed by atoms with Crippen LogP contribution < -0.4 is 15.4 Å². The molecule has 0 amide bonds. The Morgan fingerprint density at radius 1 is 0.962 bits per heavy atom. The molecule has 0 unspecified atom stereocenters. The largest absolute Gasteiger partial charge is 0.495 e. The lowest BCUT2D eigenvalue weighted by molar-refractivity contribution is 0.417. The first kappa shape index (κ1) is 18.0. The molecule has 0 fully saturated rings. The fourth-order valence-corrected chi connectivity index (χ4v) is 2.71. The van der Waals surface area contributed by atoms with E-state index in [1.165, 1.54) is 11.1 Å². The third kappa shape index (κ3) is 4.64. The lowest BCUT2D eigenvalue weighted by Gasteiger charge is -2.13. The Bertz CT molecular complexity index is 897. The summed E-state index contributed by atoms with van der Waals surface area (Å²) in [6, 6.07) is 15.7. The van der Waals surface area contributed by atoms with Crippen molar-refractivity contribution in [2.24, 2.45) is 0 Å². The van der Waals surface area contributed by atoms with Gasteiger partial charge in [-0.1, -0.05) is 41.4 Å². The fourth-order valence-electron chi connectivity index (χ4n) is 2.54. The highest BCUT2D eigenvalue weighted by molar-refractivity contribution is 6.31. The topological polar surface area (TPSA) is 59.1 Å². The highest BCUT2D eigenvalue weighted by Gasteiger charge is 2.07. The third-order valence-corrected chi connectivity index (χ3v) is 4.09. The van der Waals surface area contributed by atoms with Crippen molar-refractivity contribution in [2.75, 3.05) is 17.7 Å². The van der Waals surface area contributed by atoms with Crippen LogP contribution in [-0.4, -0.2) is 17.1 Å². The lowest BCUT2D eigenvalue weighted by atomic mass is 10.1. The summed E-state index contributed by atoms with van der Waals surface area (Å²) in [4.78, 5) is 8.89. The quantitative estimate of drug-likeness (QED) is 0.633. The Labute approximate surface area is 158 Å². The van der Waals surface area contributed by atoms with Crippen LogP contribution in [0.4, 0.5) is 17.3 Å². The predicted molar refractivity (Wildman–Crippen MR) is 107 cm³/mol.